The average Bonchev–Trinajstić information content (AvgIpc) is 2.72. The number of nitrogens with one attached hydrogen (secondary N) is 1. The number of benzene rings is 1. The van der Waals surface area contributed by atoms with Crippen LogP contribution in [0.1, 0.15) is 56.9 Å². The maximum atomic E-state index is 13.2. The van der Waals surface area contributed by atoms with Crippen LogP contribution in [-0.4, -0.2) is 37.3 Å². The van der Waals surface area contributed by atoms with Crippen LogP contribution in [0, 0.1) is 23.7 Å². The molecular formula is C23H29F3N2O3S. The zero-order valence-corrected chi connectivity index (χ0v) is 18.7. The summed E-state index contributed by atoms with van der Waals surface area (Å²) < 4.78 is 66.5. The summed E-state index contributed by atoms with van der Waals surface area (Å²) in [7, 11) is -4.11. The van der Waals surface area contributed by atoms with Crippen LogP contribution in [0.2, 0.25) is 0 Å². The molecule has 0 unspecified atom stereocenters. The molecule has 0 aromatic heterocycles. The van der Waals surface area contributed by atoms with Gasteiger partial charge in [0.05, 0.1) is 16.4 Å². The second-order valence-electron chi connectivity index (χ2n) is 10.4. The number of amides is 1. The van der Waals surface area contributed by atoms with Crippen LogP contribution in [0.15, 0.2) is 29.2 Å². The molecule has 1 aliphatic heterocycles. The highest BCUT2D eigenvalue weighted by Gasteiger charge is 2.52. The highest BCUT2D eigenvalue weighted by atomic mass is 32.2. The van der Waals surface area contributed by atoms with Crippen molar-refractivity contribution >= 4 is 15.9 Å². The predicted octanol–water partition coefficient (Wildman–Crippen LogP) is 4.19. The molecule has 1 aromatic carbocycles. The lowest BCUT2D eigenvalue weighted by atomic mass is 9.53. The molecule has 1 aromatic rings. The molecular weight excluding hydrogens is 441 g/mol. The Balaban J connectivity index is 1.30. The largest absolute Gasteiger partial charge is 0.416 e. The predicted molar refractivity (Wildman–Crippen MR) is 112 cm³/mol. The molecule has 4 saturated carbocycles. The van der Waals surface area contributed by atoms with Gasteiger partial charge in [-0.25, -0.2) is 8.42 Å². The average molecular weight is 471 g/mol. The van der Waals surface area contributed by atoms with E-state index in [0.29, 0.717) is 36.7 Å². The van der Waals surface area contributed by atoms with Crippen LogP contribution < -0.4 is 5.32 Å². The molecule has 5 nitrogen and oxygen atoms in total. The second-order valence-corrected chi connectivity index (χ2v) is 12.4. The summed E-state index contributed by atoms with van der Waals surface area (Å²) in [6.07, 6.45) is 3.33. The SMILES string of the molecule is O=C(NC12CC3CC(CC(C3)C1)C2)[C@H]1CCCN(S(=O)(=O)c2cccc(C(F)(F)F)c2)C1. The van der Waals surface area contributed by atoms with Gasteiger partial charge in [-0.1, -0.05) is 6.07 Å². The number of piperidine rings is 1. The zero-order valence-electron chi connectivity index (χ0n) is 17.9. The minimum absolute atomic E-state index is 0.0107. The van der Waals surface area contributed by atoms with Crippen LogP contribution in [0.4, 0.5) is 13.2 Å². The van der Waals surface area contributed by atoms with Gasteiger partial charge in [-0.05, 0) is 87.3 Å². The van der Waals surface area contributed by atoms with Gasteiger partial charge >= 0.3 is 6.18 Å². The maximum Gasteiger partial charge on any atom is 0.416 e. The van der Waals surface area contributed by atoms with Crippen molar-refractivity contribution in [3.8, 4) is 0 Å². The van der Waals surface area contributed by atoms with E-state index in [1.165, 1.54) is 29.6 Å². The third-order valence-electron chi connectivity index (χ3n) is 7.98. The number of halogens is 3. The fourth-order valence-corrected chi connectivity index (χ4v) is 8.55. The molecule has 4 bridgehead atoms. The molecule has 1 saturated heterocycles. The monoisotopic (exact) mass is 470 g/mol. The first-order valence-electron chi connectivity index (χ1n) is 11.5. The molecule has 0 radical (unpaired) electrons. The van der Waals surface area contributed by atoms with E-state index >= 15 is 0 Å². The third kappa shape index (κ3) is 4.06. The highest BCUT2D eigenvalue weighted by Crippen LogP contribution is 2.55. The quantitative estimate of drug-likeness (QED) is 0.718. The molecule has 0 spiro atoms. The Morgan fingerprint density at radius 2 is 1.69 bits per heavy atom. The zero-order chi connectivity index (χ0) is 22.7. The fraction of sp³-hybridized carbons (Fsp3) is 0.696. The maximum absolute atomic E-state index is 13.2. The summed E-state index contributed by atoms with van der Waals surface area (Å²) in [6, 6.07) is 3.83. The number of hydrogen-bond donors (Lipinski definition) is 1. The summed E-state index contributed by atoms with van der Waals surface area (Å²) in [5.74, 6) is 1.48. The Labute approximate surface area is 186 Å². The summed E-state index contributed by atoms with van der Waals surface area (Å²) in [4.78, 5) is 12.8. The first-order valence-corrected chi connectivity index (χ1v) is 13.0. The Morgan fingerprint density at radius 3 is 2.28 bits per heavy atom. The normalized spacial score (nSPS) is 35.1. The van der Waals surface area contributed by atoms with Gasteiger partial charge in [0.15, 0.2) is 0 Å². The van der Waals surface area contributed by atoms with Gasteiger partial charge in [0.25, 0.3) is 0 Å². The van der Waals surface area contributed by atoms with Crippen molar-refractivity contribution in [2.24, 2.45) is 23.7 Å². The minimum Gasteiger partial charge on any atom is -0.350 e. The number of carbonyl (C=O) groups is 1. The summed E-state index contributed by atoms with van der Waals surface area (Å²) >= 11 is 0. The van der Waals surface area contributed by atoms with E-state index in [-0.39, 0.29) is 29.4 Å². The van der Waals surface area contributed by atoms with E-state index in [0.717, 1.165) is 31.4 Å². The van der Waals surface area contributed by atoms with Crippen molar-refractivity contribution < 1.29 is 26.4 Å². The molecule has 1 amide bonds. The van der Waals surface area contributed by atoms with Gasteiger partial charge in [-0.15, -0.1) is 0 Å². The van der Waals surface area contributed by atoms with Crippen molar-refractivity contribution in [3.63, 3.8) is 0 Å². The number of rotatable bonds is 4. The van der Waals surface area contributed by atoms with Crippen molar-refractivity contribution in [1.29, 1.82) is 0 Å². The van der Waals surface area contributed by atoms with Gasteiger partial charge < -0.3 is 5.32 Å². The van der Waals surface area contributed by atoms with E-state index in [2.05, 4.69) is 5.32 Å². The van der Waals surface area contributed by atoms with Crippen molar-refractivity contribution in [2.75, 3.05) is 13.1 Å². The summed E-state index contributed by atoms with van der Waals surface area (Å²) in [6.45, 7) is 0.219. The number of alkyl halides is 3. The lowest BCUT2D eigenvalue weighted by Gasteiger charge is -2.57. The second kappa shape index (κ2) is 7.72. The van der Waals surface area contributed by atoms with E-state index in [1.807, 2.05) is 0 Å². The topological polar surface area (TPSA) is 66.5 Å². The van der Waals surface area contributed by atoms with Gasteiger partial charge in [-0.2, -0.15) is 17.5 Å². The van der Waals surface area contributed by atoms with Crippen LogP contribution in [0.25, 0.3) is 0 Å². The van der Waals surface area contributed by atoms with E-state index in [4.69, 9.17) is 0 Å². The molecule has 32 heavy (non-hydrogen) atoms. The number of carbonyl (C=O) groups excluding carboxylic acids is 1. The van der Waals surface area contributed by atoms with Crippen LogP contribution in [0.5, 0.6) is 0 Å². The minimum atomic E-state index is -4.62. The van der Waals surface area contributed by atoms with E-state index in [1.54, 1.807) is 0 Å². The van der Waals surface area contributed by atoms with Crippen LogP contribution in [-0.2, 0) is 21.0 Å². The Bertz CT molecular complexity index is 973. The van der Waals surface area contributed by atoms with Gasteiger partial charge in [0.1, 0.15) is 0 Å². The highest BCUT2D eigenvalue weighted by molar-refractivity contribution is 7.89. The van der Waals surface area contributed by atoms with Crippen LogP contribution in [0.3, 0.4) is 0 Å². The molecule has 1 N–H and O–H groups in total. The summed E-state index contributed by atoms with van der Waals surface area (Å²) in [5, 5.41) is 3.33. The molecule has 1 heterocycles. The van der Waals surface area contributed by atoms with E-state index < -0.39 is 27.7 Å². The molecule has 9 heteroatoms. The Hall–Kier alpha value is -1.61. The van der Waals surface area contributed by atoms with Gasteiger partial charge in [0.2, 0.25) is 15.9 Å². The van der Waals surface area contributed by atoms with Gasteiger partial charge in [-0.3, -0.25) is 4.79 Å². The molecule has 176 valence electrons. The molecule has 6 rings (SSSR count). The molecule has 4 aliphatic carbocycles. The number of nitrogens with zero attached hydrogens (tertiary/aromatic N) is 1. The molecule has 5 fully saturated rings. The standard InChI is InChI=1S/C23H29F3N2O3S/c24-23(25,26)19-4-1-5-20(10-19)32(30,31)28-6-2-3-18(14-28)21(29)27-22-11-15-7-16(12-22)9-17(8-15)13-22/h1,4-5,10,15-18H,2-3,6-9,11-14H2,(H,27,29)/t15?,16?,17?,18-,22?/m0/s1. The van der Waals surface area contributed by atoms with Crippen molar-refractivity contribution in [3.05, 3.63) is 29.8 Å². The molecule has 5 aliphatic rings. The van der Waals surface area contributed by atoms with Gasteiger partial charge in [0, 0.05) is 18.6 Å². The Morgan fingerprint density at radius 1 is 1.06 bits per heavy atom. The molecule has 1 atom stereocenters. The first-order chi connectivity index (χ1) is 15.0. The smallest absolute Gasteiger partial charge is 0.350 e. The van der Waals surface area contributed by atoms with E-state index in [9.17, 15) is 26.4 Å². The Kier molecular flexibility index (Phi) is 5.36. The number of sulfonamides is 1. The summed E-state index contributed by atoms with van der Waals surface area (Å²) in [5.41, 5.74) is -1.14. The van der Waals surface area contributed by atoms with Crippen LogP contribution >= 0.6 is 0 Å². The van der Waals surface area contributed by atoms with Crippen molar-refractivity contribution in [1.82, 2.24) is 9.62 Å². The van der Waals surface area contributed by atoms with Crippen molar-refractivity contribution in [2.45, 2.75) is 68.0 Å². The number of hydrogen-bond acceptors (Lipinski definition) is 3. The third-order valence-corrected chi connectivity index (χ3v) is 9.84. The lowest BCUT2D eigenvalue weighted by molar-refractivity contribution is -0.137. The fourth-order valence-electron chi connectivity index (χ4n) is 6.98. The first kappa shape index (κ1) is 22.2. The lowest BCUT2D eigenvalue weighted by Crippen LogP contribution is -2.61.